The molecule has 3 aromatic rings. The lowest BCUT2D eigenvalue weighted by Gasteiger charge is -2.11. The van der Waals surface area contributed by atoms with Gasteiger partial charge in [0.1, 0.15) is 35.6 Å². The maximum absolute atomic E-state index is 6.02. The predicted molar refractivity (Wildman–Crippen MR) is 108 cm³/mol. The van der Waals surface area contributed by atoms with Crippen LogP contribution in [0, 0.1) is 6.92 Å². The Morgan fingerprint density at radius 3 is 2.44 bits per heavy atom. The number of hydrogen-bond donors (Lipinski definition) is 2. The summed E-state index contributed by atoms with van der Waals surface area (Å²) in [6.07, 6.45) is 0. The number of nitrogens with one attached hydrogen (secondary N) is 2. The smallest absolute Gasteiger partial charge is 0.136 e. The molecule has 0 saturated carbocycles. The van der Waals surface area contributed by atoms with Crippen LogP contribution < -0.4 is 20.1 Å². The van der Waals surface area contributed by atoms with Crippen molar-refractivity contribution < 1.29 is 9.47 Å². The number of benzene rings is 2. The molecular formula is C20H21ClN4O2. The molecule has 1 heterocycles. The number of anilines is 3. The average molecular weight is 385 g/mol. The zero-order chi connectivity index (χ0) is 19.1. The number of methoxy groups -OCH3 is 1. The van der Waals surface area contributed by atoms with E-state index < -0.39 is 0 Å². The molecule has 2 aromatic carbocycles. The molecule has 0 aliphatic heterocycles. The maximum Gasteiger partial charge on any atom is 0.136 e. The highest BCUT2D eigenvalue weighted by Gasteiger charge is 2.03. The van der Waals surface area contributed by atoms with Crippen LogP contribution >= 0.6 is 11.6 Å². The fraction of sp³-hybridized carbons (Fsp3) is 0.200. The summed E-state index contributed by atoms with van der Waals surface area (Å²) < 4.78 is 10.8. The number of aromatic nitrogens is 2. The fourth-order valence-corrected chi connectivity index (χ4v) is 2.65. The molecule has 27 heavy (non-hydrogen) atoms. The molecule has 2 N–H and O–H groups in total. The zero-order valence-corrected chi connectivity index (χ0v) is 16.0. The minimum absolute atomic E-state index is 0.506. The van der Waals surface area contributed by atoms with Crippen molar-refractivity contribution in [3.05, 3.63) is 65.4 Å². The quantitative estimate of drug-likeness (QED) is 0.549. The lowest BCUT2D eigenvalue weighted by Crippen LogP contribution is -2.13. The van der Waals surface area contributed by atoms with Gasteiger partial charge >= 0.3 is 0 Å². The SMILES string of the molecule is COc1ccc(OCCNc2cc(Nc3cccc(Cl)c3)nc(C)n2)cc1. The largest absolute Gasteiger partial charge is 0.497 e. The summed E-state index contributed by atoms with van der Waals surface area (Å²) in [5.74, 6) is 3.69. The van der Waals surface area contributed by atoms with E-state index in [1.165, 1.54) is 0 Å². The van der Waals surface area contributed by atoms with Crippen molar-refractivity contribution in [3.8, 4) is 11.5 Å². The van der Waals surface area contributed by atoms with Gasteiger partial charge in [-0.2, -0.15) is 0 Å². The molecule has 0 aliphatic rings. The van der Waals surface area contributed by atoms with Crippen LogP contribution in [-0.2, 0) is 0 Å². The van der Waals surface area contributed by atoms with Crippen molar-refractivity contribution in [3.63, 3.8) is 0 Å². The van der Waals surface area contributed by atoms with Gasteiger partial charge in [-0.1, -0.05) is 17.7 Å². The Balaban J connectivity index is 1.54. The lowest BCUT2D eigenvalue weighted by molar-refractivity contribution is 0.331. The molecule has 140 valence electrons. The third-order valence-electron chi connectivity index (χ3n) is 3.67. The van der Waals surface area contributed by atoms with E-state index in [-0.39, 0.29) is 0 Å². The van der Waals surface area contributed by atoms with Gasteiger partial charge < -0.3 is 20.1 Å². The first-order valence-corrected chi connectivity index (χ1v) is 8.89. The summed E-state index contributed by atoms with van der Waals surface area (Å²) in [7, 11) is 1.64. The molecule has 0 unspecified atom stereocenters. The summed E-state index contributed by atoms with van der Waals surface area (Å²) in [5, 5.41) is 7.15. The fourth-order valence-electron chi connectivity index (χ4n) is 2.46. The van der Waals surface area contributed by atoms with Crippen LogP contribution in [0.2, 0.25) is 5.02 Å². The normalized spacial score (nSPS) is 10.3. The van der Waals surface area contributed by atoms with Gasteiger partial charge in [0.15, 0.2) is 0 Å². The van der Waals surface area contributed by atoms with Gasteiger partial charge in [-0.3, -0.25) is 0 Å². The van der Waals surface area contributed by atoms with E-state index in [2.05, 4.69) is 20.6 Å². The first kappa shape index (κ1) is 18.8. The van der Waals surface area contributed by atoms with Crippen LogP contribution in [0.5, 0.6) is 11.5 Å². The van der Waals surface area contributed by atoms with Crippen LogP contribution in [0.15, 0.2) is 54.6 Å². The molecule has 1 aromatic heterocycles. The first-order chi connectivity index (χ1) is 13.1. The predicted octanol–water partition coefficient (Wildman–Crippen LogP) is 4.68. The summed E-state index contributed by atoms with van der Waals surface area (Å²) in [4.78, 5) is 8.80. The van der Waals surface area contributed by atoms with E-state index in [0.717, 1.165) is 23.0 Å². The second kappa shape index (κ2) is 9.09. The van der Waals surface area contributed by atoms with Gasteiger partial charge in [-0.15, -0.1) is 0 Å². The molecule has 0 spiro atoms. The molecule has 0 radical (unpaired) electrons. The van der Waals surface area contributed by atoms with E-state index in [9.17, 15) is 0 Å². The zero-order valence-electron chi connectivity index (χ0n) is 15.2. The van der Waals surface area contributed by atoms with Crippen molar-refractivity contribution >= 4 is 28.9 Å². The van der Waals surface area contributed by atoms with Crippen LogP contribution in [0.3, 0.4) is 0 Å². The Hall–Kier alpha value is -2.99. The molecule has 0 aliphatic carbocycles. The Morgan fingerprint density at radius 1 is 0.963 bits per heavy atom. The molecule has 0 fully saturated rings. The number of aryl methyl sites for hydroxylation is 1. The van der Waals surface area contributed by atoms with E-state index in [4.69, 9.17) is 21.1 Å². The summed E-state index contributed by atoms with van der Waals surface area (Å²) in [5.41, 5.74) is 0.870. The van der Waals surface area contributed by atoms with Crippen LogP contribution in [0.1, 0.15) is 5.82 Å². The average Bonchev–Trinajstić information content (AvgIpc) is 2.65. The van der Waals surface area contributed by atoms with Crippen molar-refractivity contribution in [1.29, 1.82) is 0 Å². The number of rotatable bonds is 8. The number of nitrogens with zero attached hydrogens (tertiary/aromatic N) is 2. The highest BCUT2D eigenvalue weighted by Crippen LogP contribution is 2.21. The minimum Gasteiger partial charge on any atom is -0.497 e. The second-order valence-electron chi connectivity index (χ2n) is 5.77. The molecule has 6 nitrogen and oxygen atoms in total. The van der Waals surface area contributed by atoms with Gasteiger partial charge in [-0.05, 0) is 49.4 Å². The Labute approximate surface area is 163 Å². The Morgan fingerprint density at radius 2 is 1.70 bits per heavy atom. The molecule has 7 heteroatoms. The minimum atomic E-state index is 0.506. The van der Waals surface area contributed by atoms with Gasteiger partial charge in [0.2, 0.25) is 0 Å². The molecule has 0 bridgehead atoms. The van der Waals surface area contributed by atoms with Crippen LogP contribution in [0.25, 0.3) is 0 Å². The van der Waals surface area contributed by atoms with Crippen LogP contribution in [0.4, 0.5) is 17.3 Å². The Kier molecular flexibility index (Phi) is 6.33. The van der Waals surface area contributed by atoms with Crippen molar-refractivity contribution in [1.82, 2.24) is 9.97 Å². The third-order valence-corrected chi connectivity index (χ3v) is 3.91. The van der Waals surface area contributed by atoms with Gasteiger partial charge in [0.05, 0.1) is 13.7 Å². The van der Waals surface area contributed by atoms with Gasteiger partial charge in [-0.25, -0.2) is 9.97 Å². The van der Waals surface area contributed by atoms with Crippen molar-refractivity contribution in [2.75, 3.05) is 30.9 Å². The second-order valence-corrected chi connectivity index (χ2v) is 6.21. The maximum atomic E-state index is 6.02. The number of ether oxygens (including phenoxy) is 2. The molecule has 0 amide bonds. The van der Waals surface area contributed by atoms with E-state index in [1.54, 1.807) is 7.11 Å². The monoisotopic (exact) mass is 384 g/mol. The highest BCUT2D eigenvalue weighted by molar-refractivity contribution is 6.30. The standard InChI is InChI=1S/C20H21ClN4O2/c1-14-23-19(13-20(24-14)25-16-5-3-4-15(21)12-16)22-10-11-27-18-8-6-17(26-2)7-9-18/h3-9,12-13H,10-11H2,1-2H3,(H2,22,23,24,25). The van der Waals surface area contributed by atoms with Gasteiger partial charge in [0.25, 0.3) is 0 Å². The summed E-state index contributed by atoms with van der Waals surface area (Å²) in [6, 6.07) is 16.8. The number of halogens is 1. The number of hydrogen-bond acceptors (Lipinski definition) is 6. The van der Waals surface area contributed by atoms with Crippen molar-refractivity contribution in [2.45, 2.75) is 6.92 Å². The summed E-state index contributed by atoms with van der Waals surface area (Å²) in [6.45, 7) is 2.97. The first-order valence-electron chi connectivity index (χ1n) is 8.51. The van der Waals surface area contributed by atoms with E-state index >= 15 is 0 Å². The molecule has 0 atom stereocenters. The Bertz CT molecular complexity index is 887. The molecular weight excluding hydrogens is 364 g/mol. The molecule has 3 rings (SSSR count). The van der Waals surface area contributed by atoms with Crippen LogP contribution in [-0.4, -0.2) is 30.2 Å². The van der Waals surface area contributed by atoms with E-state index in [1.807, 2.05) is 61.5 Å². The van der Waals surface area contributed by atoms with Crippen molar-refractivity contribution in [2.24, 2.45) is 0 Å². The summed E-state index contributed by atoms with van der Waals surface area (Å²) >= 11 is 6.02. The van der Waals surface area contributed by atoms with E-state index in [0.29, 0.717) is 29.8 Å². The van der Waals surface area contributed by atoms with Gasteiger partial charge in [0, 0.05) is 16.8 Å². The molecule has 0 saturated heterocycles. The topological polar surface area (TPSA) is 68.3 Å². The third kappa shape index (κ3) is 5.76. The highest BCUT2D eigenvalue weighted by atomic mass is 35.5. The lowest BCUT2D eigenvalue weighted by atomic mass is 10.3.